The molecular formula is C10H12F3NO2S. The third-order valence-electron chi connectivity index (χ3n) is 2.28. The summed E-state index contributed by atoms with van der Waals surface area (Å²) in [6.07, 6.45) is -7.28. The van der Waals surface area contributed by atoms with Crippen molar-refractivity contribution in [2.24, 2.45) is 0 Å². The number of hydrogen-bond acceptors (Lipinski definition) is 4. The van der Waals surface area contributed by atoms with Gasteiger partial charge in [-0.25, -0.2) is 0 Å². The van der Waals surface area contributed by atoms with Crippen LogP contribution in [-0.2, 0) is 6.18 Å². The van der Waals surface area contributed by atoms with Crippen LogP contribution < -0.4 is 5.73 Å². The van der Waals surface area contributed by atoms with E-state index in [9.17, 15) is 23.4 Å². The van der Waals surface area contributed by atoms with Crippen LogP contribution in [0, 0.1) is 0 Å². The van der Waals surface area contributed by atoms with Crippen molar-refractivity contribution in [1.82, 2.24) is 0 Å². The topological polar surface area (TPSA) is 66.5 Å². The van der Waals surface area contributed by atoms with Crippen LogP contribution in [0.3, 0.4) is 0 Å². The fourth-order valence-corrected chi connectivity index (χ4v) is 1.51. The third kappa shape index (κ3) is 3.27. The Morgan fingerprint density at radius 2 is 1.88 bits per heavy atom. The van der Waals surface area contributed by atoms with Crippen molar-refractivity contribution in [1.29, 1.82) is 0 Å². The van der Waals surface area contributed by atoms with E-state index in [1.807, 2.05) is 0 Å². The van der Waals surface area contributed by atoms with Gasteiger partial charge in [0, 0.05) is 17.0 Å². The zero-order chi connectivity index (χ0) is 13.2. The van der Waals surface area contributed by atoms with Gasteiger partial charge in [-0.15, -0.1) is 0 Å². The Kier molecular flexibility index (Phi) is 4.29. The van der Waals surface area contributed by atoms with E-state index in [0.717, 1.165) is 18.2 Å². The largest absolute Gasteiger partial charge is 0.416 e. The summed E-state index contributed by atoms with van der Waals surface area (Å²) in [5.74, 6) is -0.0865. The molecule has 0 heterocycles. The van der Waals surface area contributed by atoms with E-state index in [4.69, 9.17) is 5.73 Å². The van der Waals surface area contributed by atoms with Crippen LogP contribution in [0.25, 0.3) is 0 Å². The summed E-state index contributed by atoms with van der Waals surface area (Å²) in [4.78, 5) is 0. The smallest absolute Gasteiger partial charge is 0.398 e. The zero-order valence-electron chi connectivity index (χ0n) is 8.65. The number of benzene rings is 1. The Bertz CT molecular complexity index is 398. The fraction of sp³-hybridized carbons (Fsp3) is 0.400. The van der Waals surface area contributed by atoms with E-state index in [-0.39, 0.29) is 17.0 Å². The van der Waals surface area contributed by atoms with Crippen molar-refractivity contribution in [3.05, 3.63) is 29.3 Å². The molecule has 0 amide bonds. The molecular weight excluding hydrogens is 255 g/mol. The number of anilines is 1. The molecule has 0 saturated carbocycles. The first-order valence-corrected chi connectivity index (χ1v) is 5.34. The third-order valence-corrected chi connectivity index (χ3v) is 2.66. The highest BCUT2D eigenvalue weighted by Gasteiger charge is 2.32. The Morgan fingerprint density at radius 3 is 2.35 bits per heavy atom. The molecule has 0 saturated heterocycles. The van der Waals surface area contributed by atoms with E-state index in [1.54, 1.807) is 0 Å². The van der Waals surface area contributed by atoms with Crippen LogP contribution in [-0.4, -0.2) is 22.1 Å². The van der Waals surface area contributed by atoms with Gasteiger partial charge in [-0.3, -0.25) is 0 Å². The average Bonchev–Trinajstić information content (AvgIpc) is 2.26. The zero-order valence-corrected chi connectivity index (χ0v) is 9.54. The van der Waals surface area contributed by atoms with Crippen molar-refractivity contribution < 1.29 is 23.4 Å². The Labute approximate surface area is 101 Å². The first-order chi connectivity index (χ1) is 7.77. The predicted octanol–water partition coefficient (Wildman–Crippen LogP) is 1.61. The molecule has 0 aliphatic carbocycles. The number of nitrogens with two attached hydrogens (primary N) is 1. The molecule has 0 aliphatic rings. The summed E-state index contributed by atoms with van der Waals surface area (Å²) in [7, 11) is 0. The van der Waals surface area contributed by atoms with Crippen molar-refractivity contribution in [3.8, 4) is 0 Å². The predicted molar refractivity (Wildman–Crippen MR) is 60.7 cm³/mol. The maximum absolute atomic E-state index is 12.4. The summed E-state index contributed by atoms with van der Waals surface area (Å²) >= 11 is 3.75. The second-order valence-corrected chi connectivity index (χ2v) is 3.90. The molecule has 0 radical (unpaired) electrons. The lowest BCUT2D eigenvalue weighted by Gasteiger charge is -2.19. The lowest BCUT2D eigenvalue weighted by Crippen LogP contribution is -2.21. The quantitative estimate of drug-likeness (QED) is 0.497. The van der Waals surface area contributed by atoms with Gasteiger partial charge in [-0.1, -0.05) is 0 Å². The molecule has 0 spiro atoms. The lowest BCUT2D eigenvalue weighted by molar-refractivity contribution is -0.137. The number of nitrogen functional groups attached to an aromatic ring is 1. The number of halogens is 3. The van der Waals surface area contributed by atoms with Crippen LogP contribution in [0.15, 0.2) is 18.2 Å². The van der Waals surface area contributed by atoms with Gasteiger partial charge in [0.05, 0.1) is 11.7 Å². The van der Waals surface area contributed by atoms with E-state index < -0.39 is 23.9 Å². The molecule has 1 aromatic rings. The first kappa shape index (κ1) is 14.1. The highest BCUT2D eigenvalue weighted by Crippen LogP contribution is 2.33. The van der Waals surface area contributed by atoms with Gasteiger partial charge in [0.15, 0.2) is 0 Å². The molecule has 2 atom stereocenters. The van der Waals surface area contributed by atoms with Gasteiger partial charge in [-0.05, 0) is 18.2 Å². The number of hydrogen-bond donors (Lipinski definition) is 4. The minimum atomic E-state index is -4.52. The highest BCUT2D eigenvalue weighted by atomic mass is 32.1. The summed E-state index contributed by atoms with van der Waals surface area (Å²) < 4.78 is 37.3. The van der Waals surface area contributed by atoms with Crippen molar-refractivity contribution in [2.45, 2.75) is 18.4 Å². The van der Waals surface area contributed by atoms with Crippen LogP contribution in [0.4, 0.5) is 18.9 Å². The first-order valence-electron chi connectivity index (χ1n) is 4.71. The van der Waals surface area contributed by atoms with E-state index >= 15 is 0 Å². The molecule has 17 heavy (non-hydrogen) atoms. The molecule has 1 rings (SSSR count). The Balaban J connectivity index is 3.15. The van der Waals surface area contributed by atoms with E-state index in [1.165, 1.54) is 0 Å². The summed E-state index contributed by atoms with van der Waals surface area (Å²) in [5, 5.41) is 18.9. The fourth-order valence-electron chi connectivity index (χ4n) is 1.31. The van der Waals surface area contributed by atoms with Gasteiger partial charge in [0.2, 0.25) is 0 Å². The molecule has 0 bridgehead atoms. The van der Waals surface area contributed by atoms with E-state index in [0.29, 0.717) is 0 Å². The minimum Gasteiger partial charge on any atom is -0.398 e. The minimum absolute atomic E-state index is 0.00802. The molecule has 3 nitrogen and oxygen atoms in total. The molecule has 7 heteroatoms. The number of thiol groups is 1. The van der Waals surface area contributed by atoms with Gasteiger partial charge in [-0.2, -0.15) is 25.8 Å². The maximum Gasteiger partial charge on any atom is 0.416 e. The molecule has 4 N–H and O–H groups in total. The monoisotopic (exact) mass is 267 g/mol. The van der Waals surface area contributed by atoms with Crippen LogP contribution in [0.2, 0.25) is 0 Å². The lowest BCUT2D eigenvalue weighted by atomic mass is 10.0. The molecule has 0 fully saturated rings. The molecule has 1 aromatic carbocycles. The standard InChI is InChI=1S/C10H12F3NO2S/c11-10(12,13)5-1-2-7(14)6(3-5)9(16)8(15)4-17/h1-3,8-9,15-17H,4,14H2. The van der Waals surface area contributed by atoms with Gasteiger partial charge in [0.25, 0.3) is 0 Å². The number of aliphatic hydroxyl groups is 2. The van der Waals surface area contributed by atoms with E-state index in [2.05, 4.69) is 12.6 Å². The Morgan fingerprint density at radius 1 is 1.29 bits per heavy atom. The summed E-state index contributed by atoms with van der Waals surface area (Å²) in [6.45, 7) is 0. The molecule has 0 aliphatic heterocycles. The van der Waals surface area contributed by atoms with Crippen LogP contribution >= 0.6 is 12.6 Å². The number of aliphatic hydroxyl groups excluding tert-OH is 2. The van der Waals surface area contributed by atoms with Gasteiger partial charge >= 0.3 is 6.18 Å². The summed E-state index contributed by atoms with van der Waals surface area (Å²) in [5.41, 5.74) is 4.38. The average molecular weight is 267 g/mol. The Hall–Kier alpha value is -0.920. The normalized spacial score (nSPS) is 15.6. The van der Waals surface area contributed by atoms with Gasteiger partial charge < -0.3 is 15.9 Å². The van der Waals surface area contributed by atoms with Crippen LogP contribution in [0.1, 0.15) is 17.2 Å². The second kappa shape index (κ2) is 5.16. The number of alkyl halides is 3. The van der Waals surface area contributed by atoms with Crippen molar-refractivity contribution in [3.63, 3.8) is 0 Å². The molecule has 96 valence electrons. The van der Waals surface area contributed by atoms with Gasteiger partial charge in [0.1, 0.15) is 6.10 Å². The highest BCUT2D eigenvalue weighted by molar-refractivity contribution is 7.80. The number of rotatable bonds is 3. The molecule has 0 aromatic heterocycles. The molecule has 2 unspecified atom stereocenters. The van der Waals surface area contributed by atoms with Crippen LogP contribution in [0.5, 0.6) is 0 Å². The van der Waals surface area contributed by atoms with Crippen molar-refractivity contribution >= 4 is 18.3 Å². The maximum atomic E-state index is 12.4. The SMILES string of the molecule is Nc1ccc(C(F)(F)F)cc1C(O)C(O)CS. The summed E-state index contributed by atoms with van der Waals surface area (Å²) in [6, 6.07) is 2.60. The van der Waals surface area contributed by atoms with Crippen molar-refractivity contribution in [2.75, 3.05) is 11.5 Å². The second-order valence-electron chi connectivity index (χ2n) is 3.54.